The molecule has 0 unspecified atom stereocenters. The van der Waals surface area contributed by atoms with Crippen molar-refractivity contribution in [2.24, 2.45) is 0 Å². The van der Waals surface area contributed by atoms with E-state index in [0.717, 1.165) is 17.1 Å². The zero-order chi connectivity index (χ0) is 17.3. The molecule has 2 aromatic carbocycles. The number of rotatable bonds is 4. The van der Waals surface area contributed by atoms with Crippen LogP contribution in [0, 0.1) is 20.8 Å². The van der Waals surface area contributed by atoms with Crippen LogP contribution in [0.3, 0.4) is 0 Å². The molecular weight excluding hydrogens is 322 g/mol. The summed E-state index contributed by atoms with van der Waals surface area (Å²) in [5, 5.41) is 9.82. The maximum Gasteiger partial charge on any atom is 0.347 e. The van der Waals surface area contributed by atoms with Crippen LogP contribution < -0.4 is 4.74 Å². The molecule has 3 rings (SSSR count). The van der Waals surface area contributed by atoms with Gasteiger partial charge in [-0.3, -0.25) is 0 Å². The van der Waals surface area contributed by atoms with Crippen molar-refractivity contribution in [3.8, 4) is 22.1 Å². The molecule has 0 spiro atoms. The lowest BCUT2D eigenvalue weighted by Gasteiger charge is -2.08. The van der Waals surface area contributed by atoms with Gasteiger partial charge in [0.1, 0.15) is 21.4 Å². The highest BCUT2D eigenvalue weighted by atomic mass is 32.1. The van der Waals surface area contributed by atoms with Crippen LogP contribution in [0.1, 0.15) is 26.5 Å². The minimum Gasteiger partial charge on any atom is -0.477 e. The molecule has 0 saturated carbocycles. The lowest BCUT2D eigenvalue weighted by molar-refractivity contribution is 0.0701. The SMILES string of the molecule is Cc1ccc(Oc2ccc(-c3nc(C)c(C(=O)O)s3)cc2)cc1C. The van der Waals surface area contributed by atoms with Crippen molar-refractivity contribution in [1.29, 1.82) is 0 Å². The third-order valence-electron chi connectivity index (χ3n) is 3.81. The zero-order valence-corrected chi connectivity index (χ0v) is 14.5. The van der Waals surface area contributed by atoms with Gasteiger partial charge in [0.25, 0.3) is 0 Å². The summed E-state index contributed by atoms with van der Waals surface area (Å²) in [6.07, 6.45) is 0. The molecule has 4 nitrogen and oxygen atoms in total. The number of nitrogens with zero attached hydrogens (tertiary/aromatic N) is 1. The van der Waals surface area contributed by atoms with Gasteiger partial charge in [0.15, 0.2) is 0 Å². The van der Waals surface area contributed by atoms with Crippen LogP contribution in [-0.2, 0) is 0 Å². The van der Waals surface area contributed by atoms with E-state index in [1.807, 2.05) is 42.5 Å². The third kappa shape index (κ3) is 3.31. The standard InChI is InChI=1S/C19H17NO3S/c1-11-4-7-16(10-12(11)2)23-15-8-5-14(6-9-15)18-20-13(3)17(24-18)19(21)22/h4-10H,1-3H3,(H,21,22). The first-order valence-corrected chi connectivity index (χ1v) is 8.32. The van der Waals surface area contributed by atoms with Crippen LogP contribution in [-0.4, -0.2) is 16.1 Å². The van der Waals surface area contributed by atoms with E-state index in [1.165, 1.54) is 22.5 Å². The second-order valence-corrected chi connectivity index (χ2v) is 6.61. The second kappa shape index (κ2) is 6.45. The van der Waals surface area contributed by atoms with Crippen molar-refractivity contribution in [2.45, 2.75) is 20.8 Å². The van der Waals surface area contributed by atoms with Crippen molar-refractivity contribution in [3.05, 3.63) is 64.2 Å². The first kappa shape index (κ1) is 16.2. The van der Waals surface area contributed by atoms with E-state index in [1.54, 1.807) is 6.92 Å². The number of hydrogen-bond acceptors (Lipinski definition) is 4. The molecule has 1 N–H and O–H groups in total. The van der Waals surface area contributed by atoms with Gasteiger partial charge < -0.3 is 9.84 Å². The van der Waals surface area contributed by atoms with Gasteiger partial charge >= 0.3 is 5.97 Å². The number of benzene rings is 2. The first-order valence-electron chi connectivity index (χ1n) is 7.50. The van der Waals surface area contributed by atoms with Crippen LogP contribution in [0.2, 0.25) is 0 Å². The maximum absolute atomic E-state index is 11.1. The summed E-state index contributed by atoms with van der Waals surface area (Å²) in [6.45, 7) is 5.83. The molecule has 1 aromatic heterocycles. The van der Waals surface area contributed by atoms with Gasteiger partial charge in [0.2, 0.25) is 0 Å². The molecule has 0 fully saturated rings. The number of thiazole rings is 1. The highest BCUT2D eigenvalue weighted by molar-refractivity contribution is 7.17. The van der Waals surface area contributed by atoms with Crippen molar-refractivity contribution < 1.29 is 14.6 Å². The Bertz CT molecular complexity index is 897. The number of ether oxygens (including phenoxy) is 1. The fourth-order valence-corrected chi connectivity index (χ4v) is 3.21. The molecule has 122 valence electrons. The lowest BCUT2D eigenvalue weighted by Crippen LogP contribution is -1.94. The van der Waals surface area contributed by atoms with Gasteiger partial charge in [-0.05, 0) is 68.3 Å². The first-order chi connectivity index (χ1) is 11.4. The predicted octanol–water partition coefficient (Wildman–Crippen LogP) is 5.23. The maximum atomic E-state index is 11.1. The molecule has 0 aliphatic rings. The van der Waals surface area contributed by atoms with E-state index in [-0.39, 0.29) is 4.88 Å². The van der Waals surface area contributed by atoms with Crippen LogP contribution in [0.5, 0.6) is 11.5 Å². The van der Waals surface area contributed by atoms with Gasteiger partial charge in [-0.1, -0.05) is 6.07 Å². The Morgan fingerprint density at radius 1 is 1.00 bits per heavy atom. The van der Waals surface area contributed by atoms with Gasteiger partial charge in [-0.25, -0.2) is 9.78 Å². The molecule has 0 atom stereocenters. The van der Waals surface area contributed by atoms with Gasteiger partial charge in [-0.2, -0.15) is 0 Å². The second-order valence-electron chi connectivity index (χ2n) is 5.61. The number of aromatic nitrogens is 1. The summed E-state index contributed by atoms with van der Waals surface area (Å²) < 4.78 is 5.86. The largest absolute Gasteiger partial charge is 0.477 e. The van der Waals surface area contributed by atoms with Crippen LogP contribution in [0.25, 0.3) is 10.6 Å². The lowest BCUT2D eigenvalue weighted by atomic mass is 10.1. The number of hydrogen-bond donors (Lipinski definition) is 1. The molecule has 0 bridgehead atoms. The summed E-state index contributed by atoms with van der Waals surface area (Å²) in [6, 6.07) is 13.5. The number of aromatic carboxylic acids is 1. The van der Waals surface area contributed by atoms with Gasteiger partial charge in [0, 0.05) is 5.56 Å². The fourth-order valence-electron chi connectivity index (χ4n) is 2.30. The number of carboxylic acid groups (broad SMARTS) is 1. The molecule has 24 heavy (non-hydrogen) atoms. The normalized spacial score (nSPS) is 10.6. The van der Waals surface area contributed by atoms with Crippen molar-refractivity contribution in [1.82, 2.24) is 4.98 Å². The van der Waals surface area contributed by atoms with Gasteiger partial charge in [-0.15, -0.1) is 11.3 Å². The van der Waals surface area contributed by atoms with Crippen LogP contribution >= 0.6 is 11.3 Å². The van der Waals surface area contributed by atoms with E-state index in [9.17, 15) is 4.79 Å². The van der Waals surface area contributed by atoms with E-state index in [0.29, 0.717) is 10.7 Å². The average Bonchev–Trinajstić information content (AvgIpc) is 2.94. The van der Waals surface area contributed by atoms with E-state index in [2.05, 4.69) is 18.8 Å². The quantitative estimate of drug-likeness (QED) is 0.707. The van der Waals surface area contributed by atoms with Gasteiger partial charge in [0.05, 0.1) is 5.69 Å². The predicted molar refractivity (Wildman–Crippen MR) is 95.2 cm³/mol. The highest BCUT2D eigenvalue weighted by Crippen LogP contribution is 2.30. The molecule has 0 aliphatic heterocycles. The van der Waals surface area contributed by atoms with E-state index in [4.69, 9.17) is 9.84 Å². The fraction of sp³-hybridized carbons (Fsp3) is 0.158. The minimum absolute atomic E-state index is 0.278. The summed E-state index contributed by atoms with van der Waals surface area (Å²) in [4.78, 5) is 15.7. The Morgan fingerprint density at radius 3 is 2.25 bits per heavy atom. The highest BCUT2D eigenvalue weighted by Gasteiger charge is 2.15. The summed E-state index contributed by atoms with van der Waals surface area (Å²) in [7, 11) is 0. The van der Waals surface area contributed by atoms with Crippen molar-refractivity contribution in [2.75, 3.05) is 0 Å². The molecule has 3 aromatic rings. The Morgan fingerprint density at radius 2 is 1.67 bits per heavy atom. The molecule has 0 radical (unpaired) electrons. The van der Waals surface area contributed by atoms with Crippen LogP contribution in [0.4, 0.5) is 0 Å². The summed E-state index contributed by atoms with van der Waals surface area (Å²) in [5.41, 5.74) is 3.83. The smallest absolute Gasteiger partial charge is 0.347 e. The number of aryl methyl sites for hydroxylation is 3. The average molecular weight is 339 g/mol. The van der Waals surface area contributed by atoms with Crippen molar-refractivity contribution in [3.63, 3.8) is 0 Å². The Balaban J connectivity index is 1.81. The molecule has 0 amide bonds. The minimum atomic E-state index is -0.939. The Hall–Kier alpha value is -2.66. The van der Waals surface area contributed by atoms with Crippen LogP contribution in [0.15, 0.2) is 42.5 Å². The Labute approximate surface area is 144 Å². The number of carbonyl (C=O) groups is 1. The molecular formula is C19H17NO3S. The molecule has 1 heterocycles. The number of carboxylic acids is 1. The molecule has 5 heteroatoms. The third-order valence-corrected chi connectivity index (χ3v) is 5.00. The zero-order valence-electron chi connectivity index (χ0n) is 13.7. The van der Waals surface area contributed by atoms with Crippen molar-refractivity contribution >= 4 is 17.3 Å². The Kier molecular flexibility index (Phi) is 4.36. The van der Waals surface area contributed by atoms with E-state index < -0.39 is 5.97 Å². The monoisotopic (exact) mass is 339 g/mol. The molecule has 0 aliphatic carbocycles. The van der Waals surface area contributed by atoms with E-state index >= 15 is 0 Å². The molecule has 0 saturated heterocycles. The summed E-state index contributed by atoms with van der Waals surface area (Å²) >= 11 is 1.18. The topological polar surface area (TPSA) is 59.4 Å². The summed E-state index contributed by atoms with van der Waals surface area (Å²) in [5.74, 6) is 0.587.